The van der Waals surface area contributed by atoms with Crippen molar-refractivity contribution in [1.29, 1.82) is 0 Å². The molecule has 6 heteroatoms. The lowest BCUT2D eigenvalue weighted by Crippen LogP contribution is -2.04. The second kappa shape index (κ2) is 4.56. The van der Waals surface area contributed by atoms with Crippen LogP contribution in [0.15, 0.2) is 12.1 Å². The number of ether oxygens (including phenoxy) is 2. The van der Waals surface area contributed by atoms with Crippen LogP contribution in [0.1, 0.15) is 31.6 Å². The Balaban J connectivity index is 1.85. The van der Waals surface area contributed by atoms with Crippen molar-refractivity contribution < 1.29 is 9.47 Å². The van der Waals surface area contributed by atoms with Gasteiger partial charge < -0.3 is 19.8 Å². The maximum atomic E-state index is 6.33. The minimum absolute atomic E-state index is 0.199. The number of fused-ring (bicyclic) bond motifs is 1. The minimum atomic E-state index is 0.199. The van der Waals surface area contributed by atoms with Crippen LogP contribution in [-0.2, 0) is 6.42 Å². The lowest BCUT2D eigenvalue weighted by molar-refractivity contribution is 0.174. The van der Waals surface area contributed by atoms with E-state index >= 15 is 0 Å². The summed E-state index contributed by atoms with van der Waals surface area (Å²) in [5.74, 6) is 2.98. The van der Waals surface area contributed by atoms with Gasteiger partial charge in [0.25, 0.3) is 0 Å². The van der Waals surface area contributed by atoms with Gasteiger partial charge in [0.1, 0.15) is 17.3 Å². The van der Waals surface area contributed by atoms with Crippen LogP contribution < -0.4 is 15.2 Å². The first-order valence-corrected chi connectivity index (χ1v) is 7.53. The van der Waals surface area contributed by atoms with Crippen molar-refractivity contribution >= 4 is 17.4 Å². The summed E-state index contributed by atoms with van der Waals surface area (Å²) in [6, 6.07) is 4.24. The summed E-state index contributed by atoms with van der Waals surface area (Å²) < 4.78 is 12.9. The predicted octanol–water partition coefficient (Wildman–Crippen LogP) is 3.41. The summed E-state index contributed by atoms with van der Waals surface area (Å²) in [4.78, 5) is 4.71. The highest BCUT2D eigenvalue weighted by Crippen LogP contribution is 2.45. The molecule has 0 spiro atoms. The number of anilines is 1. The molecule has 2 aliphatic rings. The van der Waals surface area contributed by atoms with Crippen molar-refractivity contribution in [3.8, 4) is 22.8 Å². The van der Waals surface area contributed by atoms with E-state index in [0.29, 0.717) is 28.4 Å². The molecular weight excluding hydrogens is 290 g/mol. The molecule has 0 unspecified atom stereocenters. The summed E-state index contributed by atoms with van der Waals surface area (Å²) in [5.41, 5.74) is 7.98. The zero-order valence-electron chi connectivity index (χ0n) is 11.7. The molecule has 2 N–H and O–H groups in total. The van der Waals surface area contributed by atoms with Gasteiger partial charge in [-0.3, -0.25) is 0 Å². The standard InChI is InChI=1S/C15H16ClN3O2/c1-2-12-18-13(15(17)19(12)9-3-4-9)8-5-10(16)14-11(6-8)20-7-21-14/h5-6,9H,2-4,7,17H2,1H3. The first-order chi connectivity index (χ1) is 10.2. The van der Waals surface area contributed by atoms with Crippen molar-refractivity contribution in [2.24, 2.45) is 0 Å². The smallest absolute Gasteiger partial charge is 0.231 e. The molecule has 1 aliphatic heterocycles. The molecule has 0 saturated heterocycles. The highest BCUT2D eigenvalue weighted by molar-refractivity contribution is 6.32. The fourth-order valence-electron chi connectivity index (χ4n) is 2.80. The molecule has 0 bridgehead atoms. The summed E-state index contributed by atoms with van der Waals surface area (Å²) >= 11 is 6.25. The summed E-state index contributed by atoms with van der Waals surface area (Å²) in [6.45, 7) is 2.29. The van der Waals surface area contributed by atoms with Gasteiger partial charge in [-0.25, -0.2) is 4.98 Å². The molecule has 1 aromatic carbocycles. The molecule has 4 rings (SSSR count). The van der Waals surface area contributed by atoms with Gasteiger partial charge in [-0.2, -0.15) is 0 Å². The number of benzene rings is 1. The molecule has 2 heterocycles. The molecular formula is C15H16ClN3O2. The molecule has 0 amide bonds. The second-order valence-electron chi connectivity index (χ2n) is 5.41. The van der Waals surface area contributed by atoms with Crippen LogP contribution in [-0.4, -0.2) is 16.3 Å². The van der Waals surface area contributed by atoms with Gasteiger partial charge in [-0.05, 0) is 25.0 Å². The van der Waals surface area contributed by atoms with Crippen LogP contribution in [0.4, 0.5) is 5.82 Å². The van der Waals surface area contributed by atoms with E-state index in [-0.39, 0.29) is 6.79 Å². The van der Waals surface area contributed by atoms with Gasteiger partial charge in [0.05, 0.1) is 5.02 Å². The van der Waals surface area contributed by atoms with E-state index in [0.717, 1.165) is 23.5 Å². The van der Waals surface area contributed by atoms with Crippen LogP contribution in [0.5, 0.6) is 11.5 Å². The first-order valence-electron chi connectivity index (χ1n) is 7.15. The van der Waals surface area contributed by atoms with Gasteiger partial charge in [0.2, 0.25) is 6.79 Å². The lowest BCUT2D eigenvalue weighted by atomic mass is 10.1. The average molecular weight is 306 g/mol. The molecule has 2 aromatic rings. The Morgan fingerprint density at radius 2 is 2.19 bits per heavy atom. The number of rotatable bonds is 3. The van der Waals surface area contributed by atoms with Gasteiger partial charge >= 0.3 is 0 Å². The second-order valence-corrected chi connectivity index (χ2v) is 5.82. The van der Waals surface area contributed by atoms with Gasteiger partial charge in [-0.15, -0.1) is 0 Å². The van der Waals surface area contributed by atoms with E-state index in [9.17, 15) is 0 Å². The normalized spacial score (nSPS) is 16.5. The molecule has 1 aromatic heterocycles. The van der Waals surface area contributed by atoms with Crippen LogP contribution >= 0.6 is 11.6 Å². The third-order valence-corrected chi connectivity index (χ3v) is 4.23. The fourth-order valence-corrected chi connectivity index (χ4v) is 3.06. The van der Waals surface area contributed by atoms with E-state index in [1.807, 2.05) is 12.1 Å². The van der Waals surface area contributed by atoms with E-state index in [1.165, 1.54) is 12.8 Å². The molecule has 21 heavy (non-hydrogen) atoms. The van der Waals surface area contributed by atoms with E-state index in [4.69, 9.17) is 31.8 Å². The largest absolute Gasteiger partial charge is 0.454 e. The number of halogens is 1. The van der Waals surface area contributed by atoms with E-state index < -0.39 is 0 Å². The Kier molecular flexibility index (Phi) is 2.79. The van der Waals surface area contributed by atoms with Crippen LogP contribution in [0.2, 0.25) is 5.02 Å². The molecule has 1 aliphatic carbocycles. The molecule has 1 fully saturated rings. The Labute approximate surface area is 127 Å². The first kappa shape index (κ1) is 12.8. The number of aryl methyl sites for hydroxylation is 1. The van der Waals surface area contributed by atoms with Crippen LogP contribution in [0, 0.1) is 0 Å². The quantitative estimate of drug-likeness (QED) is 0.944. The summed E-state index contributed by atoms with van der Waals surface area (Å²) in [6.07, 6.45) is 3.21. The highest BCUT2D eigenvalue weighted by atomic mass is 35.5. The zero-order valence-corrected chi connectivity index (χ0v) is 12.5. The monoisotopic (exact) mass is 305 g/mol. The number of nitrogen functional groups attached to an aromatic ring is 1. The molecule has 0 radical (unpaired) electrons. The van der Waals surface area contributed by atoms with E-state index in [1.54, 1.807) is 0 Å². The van der Waals surface area contributed by atoms with Crippen molar-refractivity contribution in [2.45, 2.75) is 32.2 Å². The van der Waals surface area contributed by atoms with E-state index in [2.05, 4.69) is 11.5 Å². The number of hydrogen-bond donors (Lipinski definition) is 1. The van der Waals surface area contributed by atoms with Gasteiger partial charge in [-0.1, -0.05) is 18.5 Å². The van der Waals surface area contributed by atoms with Gasteiger partial charge in [0, 0.05) is 18.0 Å². The van der Waals surface area contributed by atoms with Gasteiger partial charge in [0.15, 0.2) is 11.5 Å². The minimum Gasteiger partial charge on any atom is -0.454 e. The maximum absolute atomic E-state index is 6.33. The molecule has 0 atom stereocenters. The Bertz CT molecular complexity index is 722. The summed E-state index contributed by atoms with van der Waals surface area (Å²) in [5, 5.41) is 0.526. The molecule has 110 valence electrons. The number of imidazole rings is 1. The van der Waals surface area contributed by atoms with Crippen LogP contribution in [0.3, 0.4) is 0 Å². The lowest BCUT2D eigenvalue weighted by Gasteiger charge is -2.07. The Morgan fingerprint density at radius 3 is 2.90 bits per heavy atom. The highest BCUT2D eigenvalue weighted by Gasteiger charge is 2.30. The Hall–Kier alpha value is -1.88. The molecule has 5 nitrogen and oxygen atoms in total. The van der Waals surface area contributed by atoms with Crippen molar-refractivity contribution in [2.75, 3.05) is 12.5 Å². The van der Waals surface area contributed by atoms with Crippen molar-refractivity contribution in [3.05, 3.63) is 23.0 Å². The fraction of sp³-hybridized carbons (Fsp3) is 0.400. The third-order valence-electron chi connectivity index (χ3n) is 3.95. The number of aromatic nitrogens is 2. The van der Waals surface area contributed by atoms with Crippen molar-refractivity contribution in [1.82, 2.24) is 9.55 Å². The number of nitrogens with two attached hydrogens (primary N) is 1. The SMILES string of the molecule is CCc1nc(-c2cc(Cl)c3c(c2)OCO3)c(N)n1C1CC1. The predicted molar refractivity (Wildman–Crippen MR) is 80.9 cm³/mol. The summed E-state index contributed by atoms with van der Waals surface area (Å²) in [7, 11) is 0. The topological polar surface area (TPSA) is 62.3 Å². The Morgan fingerprint density at radius 1 is 1.38 bits per heavy atom. The molecule has 1 saturated carbocycles. The van der Waals surface area contributed by atoms with Crippen LogP contribution in [0.25, 0.3) is 11.3 Å². The number of nitrogens with zero attached hydrogens (tertiary/aromatic N) is 2. The zero-order chi connectivity index (χ0) is 14.6. The number of hydrogen-bond acceptors (Lipinski definition) is 4. The average Bonchev–Trinajstić information content (AvgIpc) is 3.08. The van der Waals surface area contributed by atoms with Crippen molar-refractivity contribution in [3.63, 3.8) is 0 Å². The third kappa shape index (κ3) is 1.95. The maximum Gasteiger partial charge on any atom is 0.231 e.